The summed E-state index contributed by atoms with van der Waals surface area (Å²) in [4.78, 5) is 4.24. The second-order valence-corrected chi connectivity index (χ2v) is 6.79. The van der Waals surface area contributed by atoms with E-state index in [0.29, 0.717) is 12.5 Å². The molecule has 0 aliphatic carbocycles. The highest BCUT2D eigenvalue weighted by Crippen LogP contribution is 2.17. The first kappa shape index (κ1) is 22.3. The van der Waals surface area contributed by atoms with Crippen LogP contribution >= 0.6 is 0 Å². The zero-order chi connectivity index (χ0) is 19.9. The molecule has 28 heavy (non-hydrogen) atoms. The molecule has 1 fully saturated rings. The molecule has 0 bridgehead atoms. The van der Waals surface area contributed by atoms with Gasteiger partial charge < -0.3 is 29.6 Å². The van der Waals surface area contributed by atoms with Gasteiger partial charge in [-0.2, -0.15) is 0 Å². The fourth-order valence-corrected chi connectivity index (χ4v) is 2.91. The molecule has 7 heteroatoms. The van der Waals surface area contributed by atoms with Gasteiger partial charge in [-0.25, -0.2) is 0 Å². The van der Waals surface area contributed by atoms with Gasteiger partial charge in [-0.1, -0.05) is 0 Å². The van der Waals surface area contributed by atoms with E-state index in [1.165, 1.54) is 0 Å². The van der Waals surface area contributed by atoms with Gasteiger partial charge in [-0.05, 0) is 55.9 Å². The van der Waals surface area contributed by atoms with Crippen molar-refractivity contribution in [3.8, 4) is 11.5 Å². The standard InChI is InChI=1S/C21H35N3O4/c1-22-21(23-11-3-13-27-17-18-9-15-26-16-10-18)24-12-4-14-28-20-7-5-19(25-2)6-8-20/h5-8,18H,3-4,9-17H2,1-2H3,(H2,22,23,24). The summed E-state index contributed by atoms with van der Waals surface area (Å²) in [5, 5.41) is 6.61. The van der Waals surface area contributed by atoms with Crippen LogP contribution in [0.5, 0.6) is 11.5 Å². The van der Waals surface area contributed by atoms with Crippen molar-refractivity contribution in [3.05, 3.63) is 24.3 Å². The lowest BCUT2D eigenvalue weighted by Gasteiger charge is -2.21. The minimum Gasteiger partial charge on any atom is -0.497 e. The maximum Gasteiger partial charge on any atom is 0.190 e. The first-order valence-corrected chi connectivity index (χ1v) is 10.2. The summed E-state index contributed by atoms with van der Waals surface area (Å²) < 4.78 is 22.0. The third kappa shape index (κ3) is 9.28. The molecule has 1 aromatic carbocycles. The second kappa shape index (κ2) is 14.1. The topological polar surface area (TPSA) is 73.3 Å². The molecule has 2 N–H and O–H groups in total. The third-order valence-electron chi connectivity index (χ3n) is 4.62. The second-order valence-electron chi connectivity index (χ2n) is 6.79. The molecular formula is C21H35N3O4. The number of rotatable bonds is 12. The summed E-state index contributed by atoms with van der Waals surface area (Å²) >= 11 is 0. The molecule has 7 nitrogen and oxygen atoms in total. The zero-order valence-electron chi connectivity index (χ0n) is 17.2. The molecule has 0 radical (unpaired) electrons. The summed E-state index contributed by atoms with van der Waals surface area (Å²) in [5.74, 6) is 3.16. The number of nitrogens with zero attached hydrogens (tertiary/aromatic N) is 1. The smallest absolute Gasteiger partial charge is 0.190 e. The van der Waals surface area contributed by atoms with Crippen molar-refractivity contribution in [2.24, 2.45) is 10.9 Å². The molecule has 1 aromatic rings. The van der Waals surface area contributed by atoms with Crippen LogP contribution in [0.4, 0.5) is 0 Å². The van der Waals surface area contributed by atoms with E-state index in [0.717, 1.165) is 82.7 Å². The van der Waals surface area contributed by atoms with Crippen LogP contribution in [-0.2, 0) is 9.47 Å². The van der Waals surface area contributed by atoms with Crippen molar-refractivity contribution in [2.75, 3.05) is 60.3 Å². The normalized spacial score (nSPS) is 15.3. The first-order chi connectivity index (χ1) is 13.8. The van der Waals surface area contributed by atoms with E-state index in [1.807, 2.05) is 24.3 Å². The Bertz CT molecular complexity index is 545. The van der Waals surface area contributed by atoms with Crippen molar-refractivity contribution in [1.82, 2.24) is 10.6 Å². The van der Waals surface area contributed by atoms with Gasteiger partial charge in [0.05, 0.1) is 13.7 Å². The van der Waals surface area contributed by atoms with E-state index in [1.54, 1.807) is 14.2 Å². The maximum absolute atomic E-state index is 5.78. The number of hydrogen-bond donors (Lipinski definition) is 2. The van der Waals surface area contributed by atoms with Gasteiger partial charge in [0.1, 0.15) is 11.5 Å². The minimum absolute atomic E-state index is 0.649. The van der Waals surface area contributed by atoms with Crippen LogP contribution in [0.2, 0.25) is 0 Å². The van der Waals surface area contributed by atoms with Gasteiger partial charge in [-0.3, -0.25) is 4.99 Å². The Morgan fingerprint density at radius 2 is 1.68 bits per heavy atom. The molecule has 0 atom stereocenters. The highest BCUT2D eigenvalue weighted by Gasteiger charge is 2.13. The fourth-order valence-electron chi connectivity index (χ4n) is 2.91. The molecule has 1 heterocycles. The lowest BCUT2D eigenvalue weighted by atomic mass is 10.0. The van der Waals surface area contributed by atoms with Crippen LogP contribution in [0.15, 0.2) is 29.3 Å². The third-order valence-corrected chi connectivity index (χ3v) is 4.62. The van der Waals surface area contributed by atoms with E-state index in [4.69, 9.17) is 18.9 Å². The molecular weight excluding hydrogens is 358 g/mol. The van der Waals surface area contributed by atoms with Crippen LogP contribution in [-0.4, -0.2) is 66.2 Å². The van der Waals surface area contributed by atoms with Crippen LogP contribution in [0.3, 0.4) is 0 Å². The Balaban J connectivity index is 1.44. The van der Waals surface area contributed by atoms with E-state index in [2.05, 4.69) is 15.6 Å². The Morgan fingerprint density at radius 3 is 2.32 bits per heavy atom. The average Bonchev–Trinajstić information content (AvgIpc) is 2.75. The molecule has 1 aliphatic heterocycles. The molecule has 0 aromatic heterocycles. The summed E-state index contributed by atoms with van der Waals surface area (Å²) in [6.45, 7) is 5.68. The number of hydrogen-bond acceptors (Lipinski definition) is 5. The first-order valence-electron chi connectivity index (χ1n) is 10.2. The van der Waals surface area contributed by atoms with Crippen molar-refractivity contribution >= 4 is 5.96 Å². The van der Waals surface area contributed by atoms with Crippen molar-refractivity contribution < 1.29 is 18.9 Å². The molecule has 158 valence electrons. The van der Waals surface area contributed by atoms with Gasteiger partial charge in [0, 0.05) is 46.6 Å². The van der Waals surface area contributed by atoms with E-state index >= 15 is 0 Å². The lowest BCUT2D eigenvalue weighted by Crippen LogP contribution is -2.38. The predicted molar refractivity (Wildman–Crippen MR) is 111 cm³/mol. The molecule has 0 spiro atoms. The number of methoxy groups -OCH3 is 1. The SMILES string of the molecule is CN=C(NCCCOCC1CCOCC1)NCCCOc1ccc(OC)cc1. The average molecular weight is 394 g/mol. The Morgan fingerprint density at radius 1 is 1.04 bits per heavy atom. The number of guanidine groups is 1. The summed E-state index contributed by atoms with van der Waals surface area (Å²) in [7, 11) is 3.44. The Labute approximate surface area is 168 Å². The zero-order valence-corrected chi connectivity index (χ0v) is 17.2. The summed E-state index contributed by atoms with van der Waals surface area (Å²) in [6, 6.07) is 7.62. The highest BCUT2D eigenvalue weighted by molar-refractivity contribution is 5.79. The van der Waals surface area contributed by atoms with Crippen molar-refractivity contribution in [1.29, 1.82) is 0 Å². The Hall–Kier alpha value is -1.99. The van der Waals surface area contributed by atoms with E-state index in [-0.39, 0.29) is 0 Å². The van der Waals surface area contributed by atoms with Gasteiger partial charge in [0.15, 0.2) is 5.96 Å². The highest BCUT2D eigenvalue weighted by atomic mass is 16.5. The Kier molecular flexibility index (Phi) is 11.2. The molecule has 0 unspecified atom stereocenters. The number of nitrogens with one attached hydrogen (secondary N) is 2. The molecule has 1 saturated heterocycles. The number of aliphatic imine (C=N–C) groups is 1. The predicted octanol–water partition coefficient (Wildman–Crippen LogP) is 2.46. The van der Waals surface area contributed by atoms with Crippen LogP contribution in [0.25, 0.3) is 0 Å². The van der Waals surface area contributed by atoms with Gasteiger partial charge >= 0.3 is 0 Å². The lowest BCUT2D eigenvalue weighted by molar-refractivity contribution is 0.0203. The summed E-state index contributed by atoms with van der Waals surface area (Å²) in [6.07, 6.45) is 4.10. The van der Waals surface area contributed by atoms with Crippen LogP contribution in [0.1, 0.15) is 25.7 Å². The van der Waals surface area contributed by atoms with Crippen molar-refractivity contribution in [3.63, 3.8) is 0 Å². The molecule has 1 aliphatic rings. The molecule has 0 amide bonds. The largest absolute Gasteiger partial charge is 0.497 e. The minimum atomic E-state index is 0.649. The van der Waals surface area contributed by atoms with Crippen molar-refractivity contribution in [2.45, 2.75) is 25.7 Å². The number of benzene rings is 1. The van der Waals surface area contributed by atoms with Gasteiger partial charge in [0.2, 0.25) is 0 Å². The van der Waals surface area contributed by atoms with E-state index in [9.17, 15) is 0 Å². The van der Waals surface area contributed by atoms with Crippen LogP contribution < -0.4 is 20.1 Å². The molecule has 0 saturated carbocycles. The summed E-state index contributed by atoms with van der Waals surface area (Å²) in [5.41, 5.74) is 0. The van der Waals surface area contributed by atoms with Gasteiger partial charge in [-0.15, -0.1) is 0 Å². The van der Waals surface area contributed by atoms with Crippen LogP contribution in [0, 0.1) is 5.92 Å². The molecule has 2 rings (SSSR count). The monoisotopic (exact) mass is 393 g/mol. The quantitative estimate of drug-likeness (QED) is 0.323. The van der Waals surface area contributed by atoms with Gasteiger partial charge in [0.25, 0.3) is 0 Å². The number of ether oxygens (including phenoxy) is 4. The van der Waals surface area contributed by atoms with E-state index < -0.39 is 0 Å². The fraction of sp³-hybridized carbons (Fsp3) is 0.667. The maximum atomic E-state index is 5.78.